The molecule has 2 aliphatic carbocycles. The molecule has 0 spiro atoms. The average Bonchev–Trinajstić information content (AvgIpc) is 2.78. The van der Waals surface area contributed by atoms with Crippen LogP contribution in [0.1, 0.15) is 38.0 Å². The number of hydrogen-bond donors (Lipinski definition) is 2. The van der Waals surface area contributed by atoms with Gasteiger partial charge in [0.15, 0.2) is 0 Å². The standard InChI is InChI=1S/C21H18N2O3/c1-12-8-10-13(11-9-12)19-22-18-16(20(24)23-19)14-6-4-3-5-7-15(14)17(18)21(25)26-2/h3-11,19,22H,1-2H3,(H,23,24). The second-order valence-electron chi connectivity index (χ2n) is 6.32. The maximum atomic E-state index is 12.9. The number of hydrogen-bond acceptors (Lipinski definition) is 4. The van der Waals surface area contributed by atoms with Crippen LogP contribution in [0.15, 0.2) is 54.6 Å². The highest BCUT2D eigenvalue weighted by Crippen LogP contribution is 2.43. The zero-order chi connectivity index (χ0) is 18.3. The summed E-state index contributed by atoms with van der Waals surface area (Å²) in [7, 11) is 1.34. The van der Waals surface area contributed by atoms with Gasteiger partial charge in [0.1, 0.15) is 6.17 Å². The first-order chi connectivity index (χ1) is 12.6. The van der Waals surface area contributed by atoms with Crippen molar-refractivity contribution in [1.29, 1.82) is 0 Å². The number of rotatable bonds is 2. The van der Waals surface area contributed by atoms with Crippen LogP contribution in [-0.4, -0.2) is 19.0 Å². The number of esters is 1. The molecule has 0 saturated carbocycles. The Balaban J connectivity index is 1.90. The van der Waals surface area contributed by atoms with Gasteiger partial charge in [-0.25, -0.2) is 4.79 Å². The monoisotopic (exact) mass is 346 g/mol. The highest BCUT2D eigenvalue weighted by Gasteiger charge is 2.36. The molecule has 1 aromatic carbocycles. The highest BCUT2D eigenvalue weighted by atomic mass is 16.5. The van der Waals surface area contributed by atoms with Gasteiger partial charge in [0.25, 0.3) is 5.91 Å². The zero-order valence-electron chi connectivity index (χ0n) is 14.5. The average molecular weight is 346 g/mol. The fraction of sp³-hybridized carbons (Fsp3) is 0.143. The van der Waals surface area contributed by atoms with Crippen molar-refractivity contribution in [3.63, 3.8) is 0 Å². The smallest absolute Gasteiger partial charge is 0.340 e. The lowest BCUT2D eigenvalue weighted by atomic mass is 10.0. The van der Waals surface area contributed by atoms with Gasteiger partial charge in [-0.05, 0) is 23.6 Å². The Hall–Kier alpha value is -3.34. The molecule has 3 aliphatic rings. The van der Waals surface area contributed by atoms with Gasteiger partial charge in [-0.15, -0.1) is 0 Å². The Morgan fingerprint density at radius 3 is 2.35 bits per heavy atom. The Labute approximate surface area is 151 Å². The van der Waals surface area contributed by atoms with Gasteiger partial charge in [-0.3, -0.25) is 4.79 Å². The van der Waals surface area contributed by atoms with E-state index < -0.39 is 12.1 Å². The van der Waals surface area contributed by atoms with E-state index in [0.717, 1.165) is 16.7 Å². The summed E-state index contributed by atoms with van der Waals surface area (Å²) in [5, 5.41) is 6.29. The molecule has 0 fully saturated rings. The van der Waals surface area contributed by atoms with E-state index in [-0.39, 0.29) is 5.91 Å². The third kappa shape index (κ3) is 2.49. The van der Waals surface area contributed by atoms with E-state index in [4.69, 9.17) is 4.74 Å². The Morgan fingerprint density at radius 1 is 0.962 bits per heavy atom. The number of fused-ring (bicyclic) bond motifs is 3. The molecular formula is C21H18N2O3. The molecular weight excluding hydrogens is 328 g/mol. The second kappa shape index (κ2) is 6.19. The second-order valence-corrected chi connectivity index (χ2v) is 6.32. The first-order valence-corrected chi connectivity index (χ1v) is 8.37. The molecule has 1 heterocycles. The maximum Gasteiger partial charge on any atom is 0.340 e. The number of methoxy groups -OCH3 is 1. The molecule has 2 N–H and O–H groups in total. The molecule has 5 nitrogen and oxygen atoms in total. The third-order valence-electron chi connectivity index (χ3n) is 4.67. The van der Waals surface area contributed by atoms with Gasteiger partial charge in [-0.2, -0.15) is 0 Å². The summed E-state index contributed by atoms with van der Waals surface area (Å²) in [5.74, 6) is -0.678. The number of carbonyl (C=O) groups is 2. The zero-order valence-corrected chi connectivity index (χ0v) is 14.5. The van der Waals surface area contributed by atoms with Crippen LogP contribution >= 0.6 is 0 Å². The fourth-order valence-electron chi connectivity index (χ4n) is 3.38. The Morgan fingerprint density at radius 2 is 1.65 bits per heavy atom. The van der Waals surface area contributed by atoms with Crippen LogP contribution in [0.25, 0.3) is 11.1 Å². The van der Waals surface area contributed by atoms with Crippen molar-refractivity contribution >= 4 is 17.6 Å². The largest absolute Gasteiger partial charge is 0.465 e. The number of aryl methyl sites for hydroxylation is 1. The van der Waals surface area contributed by atoms with Crippen LogP contribution in [0.2, 0.25) is 0 Å². The summed E-state index contributed by atoms with van der Waals surface area (Å²) < 4.78 is 4.98. The lowest BCUT2D eigenvalue weighted by Gasteiger charge is -2.27. The molecule has 1 aromatic rings. The van der Waals surface area contributed by atoms with Crippen molar-refractivity contribution in [2.24, 2.45) is 0 Å². The van der Waals surface area contributed by atoms with E-state index in [1.54, 1.807) is 0 Å². The lowest BCUT2D eigenvalue weighted by Crippen LogP contribution is -2.38. The van der Waals surface area contributed by atoms with E-state index >= 15 is 0 Å². The molecule has 1 unspecified atom stereocenters. The van der Waals surface area contributed by atoms with Crippen LogP contribution in [0.5, 0.6) is 0 Å². The van der Waals surface area contributed by atoms with Crippen LogP contribution in [-0.2, 0) is 4.74 Å². The third-order valence-corrected chi connectivity index (χ3v) is 4.67. The van der Waals surface area contributed by atoms with Gasteiger partial charge < -0.3 is 15.4 Å². The summed E-state index contributed by atoms with van der Waals surface area (Å²) in [4.78, 5) is 25.3. The number of benzene rings is 1. The molecule has 0 bridgehead atoms. The van der Waals surface area contributed by atoms with Crippen LogP contribution < -0.4 is 10.6 Å². The van der Waals surface area contributed by atoms with Gasteiger partial charge >= 0.3 is 5.97 Å². The van der Waals surface area contributed by atoms with E-state index in [1.165, 1.54) is 7.11 Å². The molecule has 1 atom stereocenters. The summed E-state index contributed by atoms with van der Waals surface area (Å²) in [6, 6.07) is 17.1. The molecule has 26 heavy (non-hydrogen) atoms. The molecule has 0 saturated heterocycles. The number of nitrogens with one attached hydrogen (secondary N) is 2. The predicted octanol–water partition coefficient (Wildman–Crippen LogP) is 3.74. The van der Waals surface area contributed by atoms with E-state index in [2.05, 4.69) is 10.6 Å². The van der Waals surface area contributed by atoms with Gasteiger partial charge in [0.2, 0.25) is 0 Å². The minimum Gasteiger partial charge on any atom is -0.465 e. The van der Waals surface area contributed by atoms with Crippen molar-refractivity contribution in [2.45, 2.75) is 13.1 Å². The van der Waals surface area contributed by atoms with Crippen LogP contribution in [0, 0.1) is 6.92 Å². The summed E-state index contributed by atoms with van der Waals surface area (Å²) in [6.07, 6.45) is -0.412. The quantitative estimate of drug-likeness (QED) is 0.694. The number of ether oxygens (including phenoxy) is 1. The summed E-state index contributed by atoms with van der Waals surface area (Å²) in [6.45, 7) is 2.01. The number of amides is 1. The lowest BCUT2D eigenvalue weighted by molar-refractivity contribution is 0.0603. The number of carbonyl (C=O) groups excluding carboxylic acids is 2. The highest BCUT2D eigenvalue weighted by molar-refractivity contribution is 6.18. The maximum absolute atomic E-state index is 12.9. The molecule has 0 aromatic heterocycles. The van der Waals surface area contributed by atoms with E-state index in [0.29, 0.717) is 22.4 Å². The van der Waals surface area contributed by atoms with Crippen molar-refractivity contribution in [3.8, 4) is 11.1 Å². The van der Waals surface area contributed by atoms with E-state index in [9.17, 15) is 9.59 Å². The van der Waals surface area contributed by atoms with Crippen molar-refractivity contribution < 1.29 is 14.3 Å². The normalized spacial score (nSPS) is 15.8. The van der Waals surface area contributed by atoms with Gasteiger partial charge in [-0.1, -0.05) is 60.2 Å². The predicted molar refractivity (Wildman–Crippen MR) is 99.4 cm³/mol. The number of anilines is 1. The van der Waals surface area contributed by atoms with Crippen molar-refractivity contribution in [3.05, 3.63) is 76.9 Å². The molecule has 130 valence electrons. The van der Waals surface area contributed by atoms with Gasteiger partial charge in [0.05, 0.1) is 23.9 Å². The molecule has 4 rings (SSSR count). The first-order valence-electron chi connectivity index (χ1n) is 8.37. The van der Waals surface area contributed by atoms with Crippen molar-refractivity contribution in [2.75, 3.05) is 12.4 Å². The van der Waals surface area contributed by atoms with Crippen LogP contribution in [0.3, 0.4) is 0 Å². The molecule has 5 heteroatoms. The van der Waals surface area contributed by atoms with E-state index in [1.807, 2.05) is 61.5 Å². The van der Waals surface area contributed by atoms with Crippen molar-refractivity contribution in [1.82, 2.24) is 5.32 Å². The molecule has 1 amide bonds. The van der Waals surface area contributed by atoms with Crippen LogP contribution in [0.4, 0.5) is 5.69 Å². The first kappa shape index (κ1) is 16.1. The SMILES string of the molecule is COC(=O)c1c2cccccc-2c2c1NC(c1ccc(C)cc1)NC2=O. The van der Waals surface area contributed by atoms with Gasteiger partial charge in [0, 0.05) is 0 Å². The summed E-state index contributed by atoms with van der Waals surface area (Å²) in [5.41, 5.74) is 4.85. The minimum atomic E-state index is -0.465. The Bertz CT molecular complexity index is 979. The summed E-state index contributed by atoms with van der Waals surface area (Å²) >= 11 is 0. The molecule has 0 radical (unpaired) electrons. The fourth-order valence-corrected chi connectivity index (χ4v) is 3.38. The topological polar surface area (TPSA) is 67.4 Å². The molecule has 1 aliphatic heterocycles. The minimum absolute atomic E-state index is 0.212. The Kier molecular flexibility index (Phi) is 3.84.